The lowest BCUT2D eigenvalue weighted by Gasteiger charge is -2.15. The summed E-state index contributed by atoms with van der Waals surface area (Å²) >= 11 is 9.87. The standard InChI is InChI=1S/C12H15ClN2O2S/c1-8(16)15-11(7-18)12(17)14-6-9-3-2-4-10(13)5-9/h2-5,11,18H,6-7H2,1H3,(H,14,17)(H,15,16). The van der Waals surface area contributed by atoms with E-state index in [-0.39, 0.29) is 17.6 Å². The molecule has 0 heterocycles. The molecule has 18 heavy (non-hydrogen) atoms. The Bertz CT molecular complexity index is 440. The van der Waals surface area contributed by atoms with Gasteiger partial charge in [0.15, 0.2) is 0 Å². The van der Waals surface area contributed by atoms with Crippen molar-refractivity contribution in [3.63, 3.8) is 0 Å². The van der Waals surface area contributed by atoms with E-state index in [1.807, 2.05) is 12.1 Å². The number of benzene rings is 1. The van der Waals surface area contributed by atoms with Gasteiger partial charge in [0.1, 0.15) is 6.04 Å². The van der Waals surface area contributed by atoms with Crippen LogP contribution in [0.5, 0.6) is 0 Å². The molecular weight excluding hydrogens is 272 g/mol. The third-order valence-corrected chi connectivity index (χ3v) is 2.83. The minimum absolute atomic E-state index is 0.251. The molecule has 0 bridgehead atoms. The topological polar surface area (TPSA) is 58.2 Å². The van der Waals surface area contributed by atoms with Crippen molar-refractivity contribution in [2.24, 2.45) is 0 Å². The fraction of sp³-hybridized carbons (Fsp3) is 0.333. The van der Waals surface area contributed by atoms with E-state index in [0.29, 0.717) is 11.6 Å². The van der Waals surface area contributed by atoms with Crippen LogP contribution >= 0.6 is 24.2 Å². The fourth-order valence-corrected chi connectivity index (χ4v) is 1.87. The molecule has 1 atom stereocenters. The summed E-state index contributed by atoms with van der Waals surface area (Å²) in [4.78, 5) is 22.7. The van der Waals surface area contributed by atoms with Crippen molar-refractivity contribution in [3.8, 4) is 0 Å². The largest absolute Gasteiger partial charge is 0.350 e. The molecule has 1 aromatic rings. The Kier molecular flexibility index (Phi) is 6.01. The average molecular weight is 287 g/mol. The van der Waals surface area contributed by atoms with Crippen molar-refractivity contribution in [2.45, 2.75) is 19.5 Å². The molecule has 0 spiro atoms. The zero-order chi connectivity index (χ0) is 13.5. The number of halogens is 1. The lowest BCUT2D eigenvalue weighted by atomic mass is 10.2. The maximum Gasteiger partial charge on any atom is 0.243 e. The molecule has 4 nitrogen and oxygen atoms in total. The summed E-state index contributed by atoms with van der Waals surface area (Å²) in [5.74, 6) is -0.270. The number of hydrogen-bond donors (Lipinski definition) is 3. The van der Waals surface area contributed by atoms with Gasteiger partial charge in [0, 0.05) is 24.2 Å². The highest BCUT2D eigenvalue weighted by atomic mass is 35.5. The lowest BCUT2D eigenvalue weighted by Crippen LogP contribution is -2.47. The van der Waals surface area contributed by atoms with Crippen LogP contribution in [0.15, 0.2) is 24.3 Å². The number of carbonyl (C=O) groups excluding carboxylic acids is 2. The summed E-state index contributed by atoms with van der Waals surface area (Å²) in [5, 5.41) is 5.86. The van der Waals surface area contributed by atoms with Crippen LogP contribution in [0.4, 0.5) is 0 Å². The van der Waals surface area contributed by atoms with E-state index in [1.54, 1.807) is 12.1 Å². The van der Waals surface area contributed by atoms with E-state index >= 15 is 0 Å². The quantitative estimate of drug-likeness (QED) is 0.717. The van der Waals surface area contributed by atoms with Crippen LogP contribution in [0, 0.1) is 0 Å². The van der Waals surface area contributed by atoms with Gasteiger partial charge in [0.25, 0.3) is 0 Å². The van der Waals surface area contributed by atoms with E-state index in [2.05, 4.69) is 23.3 Å². The van der Waals surface area contributed by atoms with Crippen LogP contribution in [0.1, 0.15) is 12.5 Å². The molecule has 0 aromatic heterocycles. The van der Waals surface area contributed by atoms with Crippen molar-refractivity contribution >= 4 is 36.0 Å². The highest BCUT2D eigenvalue weighted by molar-refractivity contribution is 7.80. The lowest BCUT2D eigenvalue weighted by molar-refractivity contribution is -0.127. The first-order valence-electron chi connectivity index (χ1n) is 5.43. The molecule has 0 saturated carbocycles. The molecule has 0 saturated heterocycles. The van der Waals surface area contributed by atoms with Crippen LogP contribution in [0.3, 0.4) is 0 Å². The van der Waals surface area contributed by atoms with Crippen LogP contribution < -0.4 is 10.6 Å². The molecule has 2 amide bonds. The van der Waals surface area contributed by atoms with Crippen LogP contribution in [-0.2, 0) is 16.1 Å². The molecule has 0 fully saturated rings. The maximum absolute atomic E-state index is 11.8. The van der Waals surface area contributed by atoms with E-state index in [4.69, 9.17) is 11.6 Å². The minimum Gasteiger partial charge on any atom is -0.350 e. The number of nitrogens with one attached hydrogen (secondary N) is 2. The second kappa shape index (κ2) is 7.28. The third-order valence-electron chi connectivity index (χ3n) is 2.23. The van der Waals surface area contributed by atoms with Crippen LogP contribution in [0.25, 0.3) is 0 Å². The second-order valence-corrected chi connectivity index (χ2v) is 4.58. The molecule has 2 N–H and O–H groups in total. The monoisotopic (exact) mass is 286 g/mol. The minimum atomic E-state index is -0.620. The van der Waals surface area contributed by atoms with E-state index in [1.165, 1.54) is 6.92 Å². The SMILES string of the molecule is CC(=O)NC(CS)C(=O)NCc1cccc(Cl)c1. The highest BCUT2D eigenvalue weighted by Crippen LogP contribution is 2.10. The Hall–Kier alpha value is -1.20. The van der Waals surface area contributed by atoms with Gasteiger partial charge in [-0.15, -0.1) is 0 Å². The summed E-state index contributed by atoms with van der Waals surface area (Å²) in [6.45, 7) is 1.73. The predicted octanol–water partition coefficient (Wildman–Crippen LogP) is 1.39. The van der Waals surface area contributed by atoms with Gasteiger partial charge in [-0.2, -0.15) is 12.6 Å². The van der Waals surface area contributed by atoms with Gasteiger partial charge in [-0.3, -0.25) is 9.59 Å². The van der Waals surface area contributed by atoms with Crippen LogP contribution in [0.2, 0.25) is 5.02 Å². The van der Waals surface area contributed by atoms with Crippen LogP contribution in [-0.4, -0.2) is 23.6 Å². The van der Waals surface area contributed by atoms with Crippen molar-refractivity contribution in [2.75, 3.05) is 5.75 Å². The molecule has 1 unspecified atom stereocenters. The molecule has 1 aromatic carbocycles. The summed E-state index contributed by atoms with van der Waals surface area (Å²) in [6.07, 6.45) is 0. The summed E-state index contributed by atoms with van der Waals surface area (Å²) in [6, 6.07) is 6.59. The number of amides is 2. The van der Waals surface area contributed by atoms with E-state index in [9.17, 15) is 9.59 Å². The van der Waals surface area contributed by atoms with Gasteiger partial charge in [0.2, 0.25) is 11.8 Å². The molecule has 98 valence electrons. The number of carbonyl (C=O) groups is 2. The molecule has 1 rings (SSSR count). The molecule has 0 aliphatic carbocycles. The number of rotatable bonds is 5. The molecule has 0 aliphatic rings. The van der Waals surface area contributed by atoms with Gasteiger partial charge in [-0.1, -0.05) is 23.7 Å². The van der Waals surface area contributed by atoms with Crippen molar-refractivity contribution < 1.29 is 9.59 Å². The van der Waals surface area contributed by atoms with Gasteiger partial charge < -0.3 is 10.6 Å². The predicted molar refractivity (Wildman–Crippen MR) is 74.8 cm³/mol. The number of hydrogen-bond acceptors (Lipinski definition) is 3. The van der Waals surface area contributed by atoms with E-state index < -0.39 is 6.04 Å². The molecule has 0 radical (unpaired) electrons. The number of thiol groups is 1. The Labute approximate surface area is 117 Å². The Morgan fingerprint density at radius 3 is 2.72 bits per heavy atom. The Balaban J connectivity index is 2.51. The second-order valence-electron chi connectivity index (χ2n) is 3.78. The zero-order valence-corrected chi connectivity index (χ0v) is 11.6. The van der Waals surface area contributed by atoms with Gasteiger partial charge >= 0.3 is 0 Å². The molecular formula is C12H15ClN2O2S. The Morgan fingerprint density at radius 2 is 2.17 bits per heavy atom. The molecule has 6 heteroatoms. The van der Waals surface area contributed by atoms with E-state index in [0.717, 1.165) is 5.56 Å². The smallest absolute Gasteiger partial charge is 0.243 e. The van der Waals surface area contributed by atoms with Gasteiger partial charge in [-0.05, 0) is 17.7 Å². The summed E-state index contributed by atoms with van der Waals surface area (Å²) in [7, 11) is 0. The van der Waals surface area contributed by atoms with Gasteiger partial charge in [0.05, 0.1) is 0 Å². The van der Waals surface area contributed by atoms with Crippen molar-refractivity contribution in [1.29, 1.82) is 0 Å². The Morgan fingerprint density at radius 1 is 1.44 bits per heavy atom. The normalized spacial score (nSPS) is 11.7. The highest BCUT2D eigenvalue weighted by Gasteiger charge is 2.16. The van der Waals surface area contributed by atoms with Crippen molar-refractivity contribution in [1.82, 2.24) is 10.6 Å². The van der Waals surface area contributed by atoms with Crippen molar-refractivity contribution in [3.05, 3.63) is 34.9 Å². The third kappa shape index (κ3) is 4.98. The first-order chi connectivity index (χ1) is 8.52. The summed E-state index contributed by atoms with van der Waals surface area (Å²) in [5.41, 5.74) is 0.900. The maximum atomic E-state index is 11.8. The first kappa shape index (κ1) is 14.9. The first-order valence-corrected chi connectivity index (χ1v) is 6.44. The van der Waals surface area contributed by atoms with Gasteiger partial charge in [-0.25, -0.2) is 0 Å². The summed E-state index contributed by atoms with van der Waals surface area (Å²) < 4.78 is 0. The average Bonchev–Trinajstić information content (AvgIpc) is 2.33. The fourth-order valence-electron chi connectivity index (χ4n) is 1.40. The molecule has 0 aliphatic heterocycles. The zero-order valence-electron chi connectivity index (χ0n) is 9.94.